The summed E-state index contributed by atoms with van der Waals surface area (Å²) in [6.07, 6.45) is 9.28. The van der Waals surface area contributed by atoms with E-state index in [1.807, 2.05) is 0 Å². The van der Waals surface area contributed by atoms with Gasteiger partial charge in [-0.1, -0.05) is 23.4 Å². The van der Waals surface area contributed by atoms with Crippen molar-refractivity contribution in [2.75, 3.05) is 11.1 Å². The van der Waals surface area contributed by atoms with Crippen LogP contribution in [0.15, 0.2) is 28.0 Å². The van der Waals surface area contributed by atoms with Gasteiger partial charge in [-0.25, -0.2) is 4.98 Å². The van der Waals surface area contributed by atoms with Gasteiger partial charge >= 0.3 is 0 Å². The Balaban J connectivity index is 1.23. The minimum Gasteiger partial charge on any atom is -0.415 e. The molecule has 6 rings (SSSR count). The Morgan fingerprint density at radius 3 is 2.59 bits per heavy atom. The van der Waals surface area contributed by atoms with E-state index in [1.54, 1.807) is 18.3 Å². The first-order chi connectivity index (χ1) is 13.1. The maximum Gasteiger partial charge on any atom is 0.277 e. The fraction of sp³-hybridized carbons (Fsp3) is 0.579. The molecule has 2 heterocycles. The van der Waals surface area contributed by atoms with Crippen LogP contribution in [0.4, 0.5) is 5.69 Å². The molecule has 4 saturated carbocycles. The maximum absolute atomic E-state index is 12.2. The molecule has 1 amide bonds. The third-order valence-electron chi connectivity index (χ3n) is 6.26. The standard InChI is InChI=1S/C19H21ClN4O2S/c20-16-14(2-1-3-21-16)22-15(25)10-27-18-24-23-17(26-18)19-7-11-4-12(8-19)6-13(5-11)9-19/h1-3,11-13H,4-10H2,(H,22,25). The van der Waals surface area contributed by atoms with Crippen LogP contribution in [0.25, 0.3) is 0 Å². The average molecular weight is 405 g/mol. The van der Waals surface area contributed by atoms with E-state index in [0.717, 1.165) is 23.6 Å². The fourth-order valence-electron chi connectivity index (χ4n) is 5.65. The summed E-state index contributed by atoms with van der Waals surface area (Å²) in [5.41, 5.74) is 0.594. The lowest BCUT2D eigenvalue weighted by atomic mass is 9.49. The van der Waals surface area contributed by atoms with Crippen LogP contribution in [0.5, 0.6) is 0 Å². The smallest absolute Gasteiger partial charge is 0.277 e. The minimum atomic E-state index is -0.176. The predicted octanol–water partition coefficient (Wildman–Crippen LogP) is 4.32. The Bertz CT molecular complexity index is 836. The third-order valence-corrected chi connectivity index (χ3v) is 7.38. The highest BCUT2D eigenvalue weighted by molar-refractivity contribution is 7.99. The Morgan fingerprint density at radius 1 is 1.22 bits per heavy atom. The van der Waals surface area contributed by atoms with Crippen LogP contribution in [0.2, 0.25) is 5.15 Å². The number of nitrogens with one attached hydrogen (secondary N) is 1. The normalized spacial score (nSPS) is 31.2. The predicted molar refractivity (Wildman–Crippen MR) is 103 cm³/mol. The van der Waals surface area contributed by atoms with Crippen molar-refractivity contribution in [1.82, 2.24) is 15.2 Å². The average Bonchev–Trinajstić information content (AvgIpc) is 3.11. The van der Waals surface area contributed by atoms with Crippen LogP contribution in [0.1, 0.15) is 44.4 Å². The molecule has 2 aromatic heterocycles. The van der Waals surface area contributed by atoms with E-state index in [1.165, 1.54) is 50.3 Å². The highest BCUT2D eigenvalue weighted by Gasteiger charge is 2.54. The number of hydrogen-bond acceptors (Lipinski definition) is 6. The third kappa shape index (κ3) is 3.36. The number of anilines is 1. The fourth-order valence-corrected chi connectivity index (χ4v) is 6.38. The van der Waals surface area contributed by atoms with Crippen LogP contribution in [-0.4, -0.2) is 26.8 Å². The van der Waals surface area contributed by atoms with Gasteiger partial charge in [-0.2, -0.15) is 0 Å². The Morgan fingerprint density at radius 2 is 1.93 bits per heavy atom. The lowest BCUT2D eigenvalue weighted by Crippen LogP contribution is -2.48. The number of nitrogens with zero attached hydrogens (tertiary/aromatic N) is 3. The summed E-state index contributed by atoms with van der Waals surface area (Å²) in [6.45, 7) is 0. The molecular formula is C19H21ClN4O2S. The summed E-state index contributed by atoms with van der Waals surface area (Å²) in [4.78, 5) is 16.1. The Labute approximate surface area is 166 Å². The zero-order valence-electron chi connectivity index (χ0n) is 14.9. The van der Waals surface area contributed by atoms with Crippen LogP contribution in [0, 0.1) is 17.8 Å². The summed E-state index contributed by atoms with van der Waals surface area (Å²) in [5.74, 6) is 3.29. The van der Waals surface area contributed by atoms with E-state index in [-0.39, 0.29) is 22.2 Å². The summed E-state index contributed by atoms with van der Waals surface area (Å²) in [5, 5.41) is 12.1. The van der Waals surface area contributed by atoms with E-state index >= 15 is 0 Å². The molecule has 4 bridgehead atoms. The van der Waals surface area contributed by atoms with Gasteiger partial charge in [0, 0.05) is 11.6 Å². The van der Waals surface area contributed by atoms with E-state index < -0.39 is 0 Å². The van der Waals surface area contributed by atoms with Gasteiger partial charge in [-0.05, 0) is 68.4 Å². The molecule has 142 valence electrons. The van der Waals surface area contributed by atoms with E-state index in [0.29, 0.717) is 10.9 Å². The summed E-state index contributed by atoms with van der Waals surface area (Å²) in [7, 11) is 0. The zero-order valence-corrected chi connectivity index (χ0v) is 16.4. The van der Waals surface area contributed by atoms with Crippen molar-refractivity contribution < 1.29 is 9.21 Å². The number of aromatic nitrogens is 3. The molecule has 0 aliphatic heterocycles. The molecule has 6 nitrogen and oxygen atoms in total. The number of amides is 1. The van der Waals surface area contributed by atoms with Crippen molar-refractivity contribution >= 4 is 35.0 Å². The van der Waals surface area contributed by atoms with Crippen LogP contribution < -0.4 is 5.32 Å². The van der Waals surface area contributed by atoms with Gasteiger partial charge in [0.15, 0.2) is 5.15 Å². The number of pyridine rings is 1. The number of carbonyl (C=O) groups excluding carboxylic acids is 1. The molecule has 27 heavy (non-hydrogen) atoms. The highest BCUT2D eigenvalue weighted by atomic mass is 35.5. The SMILES string of the molecule is O=C(CSc1nnc(C23CC4CC(CC(C4)C2)C3)o1)Nc1cccnc1Cl. The topological polar surface area (TPSA) is 80.9 Å². The number of rotatable bonds is 5. The molecule has 0 saturated heterocycles. The summed E-state index contributed by atoms with van der Waals surface area (Å²) >= 11 is 7.23. The summed E-state index contributed by atoms with van der Waals surface area (Å²) < 4.78 is 6.02. The van der Waals surface area contributed by atoms with Crippen LogP contribution >= 0.6 is 23.4 Å². The monoisotopic (exact) mass is 404 g/mol. The van der Waals surface area contributed by atoms with E-state index in [9.17, 15) is 4.79 Å². The van der Waals surface area contributed by atoms with Gasteiger partial charge in [0.05, 0.1) is 11.4 Å². The first-order valence-corrected chi connectivity index (χ1v) is 10.8. The summed E-state index contributed by atoms with van der Waals surface area (Å²) in [6, 6.07) is 3.44. The van der Waals surface area contributed by atoms with Crippen molar-refractivity contribution in [2.24, 2.45) is 17.8 Å². The lowest BCUT2D eigenvalue weighted by molar-refractivity contribution is -0.113. The number of hydrogen-bond donors (Lipinski definition) is 1. The molecular weight excluding hydrogens is 384 g/mol. The molecule has 2 aromatic rings. The Kier molecular flexibility index (Phi) is 4.39. The van der Waals surface area contributed by atoms with Gasteiger partial charge < -0.3 is 9.73 Å². The quantitative estimate of drug-likeness (QED) is 0.590. The van der Waals surface area contributed by atoms with Crippen LogP contribution in [0.3, 0.4) is 0 Å². The van der Waals surface area contributed by atoms with Crippen molar-refractivity contribution in [3.8, 4) is 0 Å². The molecule has 4 aliphatic carbocycles. The first-order valence-electron chi connectivity index (χ1n) is 9.47. The second kappa shape index (κ2) is 6.78. The van der Waals surface area contributed by atoms with Crippen molar-refractivity contribution in [3.05, 3.63) is 29.4 Å². The number of thioether (sulfide) groups is 1. The van der Waals surface area contributed by atoms with Crippen molar-refractivity contribution in [2.45, 2.75) is 49.2 Å². The largest absolute Gasteiger partial charge is 0.415 e. The molecule has 0 radical (unpaired) electrons. The van der Waals surface area contributed by atoms with Gasteiger partial charge in [0.1, 0.15) is 0 Å². The molecule has 0 aromatic carbocycles. The Hall–Kier alpha value is -1.60. The van der Waals surface area contributed by atoms with Gasteiger partial charge in [-0.3, -0.25) is 4.79 Å². The number of halogens is 1. The van der Waals surface area contributed by atoms with Gasteiger partial charge in [0.25, 0.3) is 5.22 Å². The highest BCUT2D eigenvalue weighted by Crippen LogP contribution is 2.60. The zero-order chi connectivity index (χ0) is 18.4. The second-order valence-electron chi connectivity index (χ2n) is 8.25. The van der Waals surface area contributed by atoms with Crippen molar-refractivity contribution in [1.29, 1.82) is 0 Å². The van der Waals surface area contributed by atoms with Crippen LogP contribution in [-0.2, 0) is 10.2 Å². The number of carbonyl (C=O) groups is 1. The molecule has 0 atom stereocenters. The second-order valence-corrected chi connectivity index (χ2v) is 9.53. The van der Waals surface area contributed by atoms with Crippen molar-refractivity contribution in [3.63, 3.8) is 0 Å². The minimum absolute atomic E-state index is 0.0893. The molecule has 0 spiro atoms. The van der Waals surface area contributed by atoms with Gasteiger partial charge in [-0.15, -0.1) is 10.2 Å². The first kappa shape index (κ1) is 17.5. The molecule has 4 aliphatic rings. The lowest BCUT2D eigenvalue weighted by Gasteiger charge is -2.55. The molecule has 1 N–H and O–H groups in total. The molecule has 8 heteroatoms. The maximum atomic E-state index is 12.2. The molecule has 4 fully saturated rings. The van der Waals surface area contributed by atoms with E-state index in [4.69, 9.17) is 16.0 Å². The molecule has 0 unspecified atom stereocenters. The van der Waals surface area contributed by atoms with Gasteiger partial charge in [0.2, 0.25) is 11.8 Å². The van der Waals surface area contributed by atoms with E-state index in [2.05, 4.69) is 20.5 Å².